The van der Waals surface area contributed by atoms with Gasteiger partial charge in [-0.15, -0.1) is 0 Å². The van der Waals surface area contributed by atoms with E-state index >= 15 is 0 Å². The van der Waals surface area contributed by atoms with E-state index in [1.165, 1.54) is 17.7 Å². The van der Waals surface area contributed by atoms with Crippen molar-refractivity contribution in [3.8, 4) is 0 Å². The number of nitro groups is 1. The van der Waals surface area contributed by atoms with E-state index in [4.69, 9.17) is 9.47 Å². The molecule has 8 nitrogen and oxygen atoms in total. The summed E-state index contributed by atoms with van der Waals surface area (Å²) < 4.78 is 12.9. The van der Waals surface area contributed by atoms with Crippen molar-refractivity contribution < 1.29 is 29.4 Å². The maximum absolute atomic E-state index is 13.0. The van der Waals surface area contributed by atoms with Crippen molar-refractivity contribution in [2.75, 3.05) is 6.61 Å². The van der Waals surface area contributed by atoms with Gasteiger partial charge in [-0.1, -0.05) is 53.2 Å². The predicted molar refractivity (Wildman–Crippen MR) is 169 cm³/mol. The number of aliphatic hydroxyl groups excluding tert-OH is 1. The lowest BCUT2D eigenvalue weighted by molar-refractivity contribution is -0.385. The number of aliphatic hydroxyl groups is 1. The highest BCUT2D eigenvalue weighted by molar-refractivity contribution is 5.76. The number of fused-ring (bicyclic) bond motifs is 9. The lowest BCUT2D eigenvalue weighted by Gasteiger charge is -2.72. The number of nitrogens with zero attached hydrogens (tertiary/aromatic N) is 1. The Bertz CT molecular complexity index is 1440. The van der Waals surface area contributed by atoms with Crippen LogP contribution in [0, 0.1) is 60.4 Å². The summed E-state index contributed by atoms with van der Waals surface area (Å²) in [6, 6.07) is 6.30. The number of carboxylic acids is 1. The number of carboxylic acid groups (broad SMARTS) is 1. The summed E-state index contributed by atoms with van der Waals surface area (Å²) in [5.41, 5.74) is 1.04. The van der Waals surface area contributed by atoms with Crippen LogP contribution in [0.25, 0.3) is 0 Å². The molecule has 1 unspecified atom stereocenters. The molecule has 0 amide bonds. The molecule has 4 saturated carbocycles. The van der Waals surface area contributed by atoms with E-state index in [9.17, 15) is 25.1 Å². The van der Waals surface area contributed by atoms with Gasteiger partial charge in [0.1, 0.15) is 0 Å². The lowest BCUT2D eigenvalue weighted by Crippen LogP contribution is -2.69. The Labute approximate surface area is 267 Å². The van der Waals surface area contributed by atoms with Crippen LogP contribution in [0.1, 0.15) is 111 Å². The summed E-state index contributed by atoms with van der Waals surface area (Å²) >= 11 is 0. The highest BCUT2D eigenvalue weighted by Crippen LogP contribution is 2.76. The first-order valence-electron chi connectivity index (χ1n) is 17.1. The van der Waals surface area contributed by atoms with Gasteiger partial charge in [0.25, 0.3) is 5.69 Å². The molecule has 0 spiro atoms. The Morgan fingerprint density at radius 1 is 0.933 bits per heavy atom. The molecule has 246 valence electrons. The summed E-state index contributed by atoms with van der Waals surface area (Å²) in [6.45, 7) is 14.7. The van der Waals surface area contributed by atoms with Gasteiger partial charge in [-0.2, -0.15) is 0 Å². The summed E-state index contributed by atoms with van der Waals surface area (Å²) in [7, 11) is 0. The summed E-state index contributed by atoms with van der Waals surface area (Å²) in [4.78, 5) is 23.7. The Hall–Kier alpha value is -2.29. The van der Waals surface area contributed by atoms with Gasteiger partial charge in [0.15, 0.2) is 6.29 Å². The minimum absolute atomic E-state index is 0.00479. The van der Waals surface area contributed by atoms with Crippen LogP contribution in [-0.4, -0.2) is 39.9 Å². The number of benzene rings is 1. The maximum atomic E-state index is 13.0. The van der Waals surface area contributed by atoms with Crippen LogP contribution in [0.3, 0.4) is 0 Å². The van der Waals surface area contributed by atoms with Crippen LogP contribution < -0.4 is 0 Å². The van der Waals surface area contributed by atoms with Crippen LogP contribution >= 0.6 is 0 Å². The van der Waals surface area contributed by atoms with E-state index in [2.05, 4.69) is 47.6 Å². The molecule has 11 atom stereocenters. The average molecular weight is 622 g/mol. The number of hydrogen-bond donors (Lipinski definition) is 2. The number of allylic oxidation sites excluding steroid dienone is 2. The predicted octanol–water partition coefficient (Wildman–Crippen LogP) is 7.85. The van der Waals surface area contributed by atoms with Crippen LogP contribution in [-0.2, 0) is 14.3 Å². The number of aliphatic carboxylic acids is 1. The Morgan fingerprint density at radius 3 is 2.29 bits per heavy atom. The second-order valence-corrected chi connectivity index (χ2v) is 17.5. The monoisotopic (exact) mass is 621 g/mol. The lowest BCUT2D eigenvalue weighted by atomic mass is 9.33. The van der Waals surface area contributed by atoms with E-state index in [0.29, 0.717) is 24.9 Å². The van der Waals surface area contributed by atoms with Gasteiger partial charge in [0.2, 0.25) is 0 Å². The van der Waals surface area contributed by atoms with Gasteiger partial charge in [-0.3, -0.25) is 14.9 Å². The minimum Gasteiger partial charge on any atom is -0.481 e. The maximum Gasteiger partial charge on any atom is 0.310 e. The molecule has 1 saturated heterocycles. The van der Waals surface area contributed by atoms with E-state index in [1.807, 2.05) is 0 Å². The third-order valence-corrected chi connectivity index (χ3v) is 15.0. The summed E-state index contributed by atoms with van der Waals surface area (Å²) in [6.07, 6.45) is 8.70. The van der Waals surface area contributed by atoms with Gasteiger partial charge < -0.3 is 19.7 Å². The SMILES string of the molecule is CC1(C)CC[C@]2(C(=O)O)CC[C@]3(C)C(=CC[C@@H]4[C@@]5(C)C[C@@H](O)[C@@H]6OC(c7ccc([N+](=O)[O-])cc7)OC[C@@]6(C)[C@@H]5CC[C@]43C)[C@@H]2C1. The van der Waals surface area contributed by atoms with E-state index in [1.54, 1.807) is 12.1 Å². The topological polar surface area (TPSA) is 119 Å². The minimum atomic E-state index is -0.674. The van der Waals surface area contributed by atoms with Crippen LogP contribution in [0.15, 0.2) is 35.9 Å². The molecule has 7 rings (SSSR count). The second kappa shape index (κ2) is 9.86. The van der Waals surface area contributed by atoms with Crippen molar-refractivity contribution in [3.63, 3.8) is 0 Å². The average Bonchev–Trinajstić information content (AvgIpc) is 2.97. The van der Waals surface area contributed by atoms with Crippen LogP contribution in [0.4, 0.5) is 5.69 Å². The molecule has 0 radical (unpaired) electrons. The molecule has 45 heavy (non-hydrogen) atoms. The fraction of sp³-hybridized carbons (Fsp3) is 0.757. The number of hydrogen-bond acceptors (Lipinski definition) is 6. The van der Waals surface area contributed by atoms with Gasteiger partial charge in [0, 0.05) is 23.1 Å². The number of ether oxygens (including phenoxy) is 2. The molecule has 2 N–H and O–H groups in total. The first-order chi connectivity index (χ1) is 21.0. The molecule has 8 heteroatoms. The smallest absolute Gasteiger partial charge is 0.310 e. The molecule has 0 aromatic heterocycles. The van der Waals surface area contributed by atoms with Crippen molar-refractivity contribution in [1.29, 1.82) is 0 Å². The number of rotatable bonds is 3. The van der Waals surface area contributed by atoms with Gasteiger partial charge in [0.05, 0.1) is 29.2 Å². The molecular weight excluding hydrogens is 570 g/mol. The van der Waals surface area contributed by atoms with Crippen molar-refractivity contribution in [2.24, 2.45) is 50.2 Å². The highest BCUT2D eigenvalue weighted by Gasteiger charge is 2.71. The standard InChI is InChI=1S/C37H51NO7/c1-32(2)15-17-37(31(40)41)18-16-35(5)24(25(37)19-32)11-12-28-33(3)20-26(39)29-34(4,27(33)13-14-36(28,35)6)21-44-30(45-29)22-7-9-23(10-8-22)38(42)43/h7-11,25-30,39H,12-21H2,1-6H3,(H,40,41)/t25-,26+,27+,28+,29-,30?,33-,34-,35+,36+,37-/m0/s1. The first kappa shape index (κ1) is 31.3. The molecule has 1 aromatic carbocycles. The first-order valence-corrected chi connectivity index (χ1v) is 17.1. The molecule has 1 aromatic rings. The molecule has 0 bridgehead atoms. The number of carbonyl (C=O) groups is 1. The Balaban J connectivity index is 1.20. The van der Waals surface area contributed by atoms with Gasteiger partial charge in [-0.25, -0.2) is 0 Å². The summed E-state index contributed by atoms with van der Waals surface area (Å²) in [5.74, 6) is 0.123. The number of nitro benzene ring substituents is 1. The van der Waals surface area contributed by atoms with Crippen molar-refractivity contribution in [1.82, 2.24) is 0 Å². The van der Waals surface area contributed by atoms with Crippen molar-refractivity contribution in [2.45, 2.75) is 118 Å². The van der Waals surface area contributed by atoms with Crippen LogP contribution in [0.2, 0.25) is 0 Å². The van der Waals surface area contributed by atoms with Crippen LogP contribution in [0.5, 0.6) is 0 Å². The molecule has 6 aliphatic rings. The summed E-state index contributed by atoms with van der Waals surface area (Å²) in [5, 5.41) is 33.7. The van der Waals surface area contributed by atoms with E-state index < -0.39 is 34.8 Å². The Morgan fingerprint density at radius 2 is 1.62 bits per heavy atom. The fourth-order valence-corrected chi connectivity index (χ4v) is 12.3. The van der Waals surface area contributed by atoms with Gasteiger partial charge in [-0.05, 0) is 109 Å². The molecule has 5 aliphatic carbocycles. The van der Waals surface area contributed by atoms with Crippen molar-refractivity contribution in [3.05, 3.63) is 51.6 Å². The zero-order valence-corrected chi connectivity index (χ0v) is 27.8. The molecular formula is C37H51NO7. The van der Waals surface area contributed by atoms with E-state index in [0.717, 1.165) is 56.9 Å². The molecule has 1 aliphatic heterocycles. The Kier molecular flexibility index (Phi) is 6.87. The third kappa shape index (κ3) is 4.16. The largest absolute Gasteiger partial charge is 0.481 e. The zero-order valence-electron chi connectivity index (χ0n) is 27.8. The number of non-ortho nitro benzene ring substituents is 1. The second-order valence-electron chi connectivity index (χ2n) is 17.5. The molecule has 1 heterocycles. The fourth-order valence-electron chi connectivity index (χ4n) is 12.3. The third-order valence-electron chi connectivity index (χ3n) is 15.0. The highest BCUT2D eigenvalue weighted by atomic mass is 16.7. The van der Waals surface area contributed by atoms with Gasteiger partial charge >= 0.3 is 5.97 Å². The van der Waals surface area contributed by atoms with E-state index in [-0.39, 0.29) is 38.7 Å². The zero-order chi connectivity index (χ0) is 32.4. The molecule has 5 fully saturated rings. The quantitative estimate of drug-likeness (QED) is 0.200. The van der Waals surface area contributed by atoms with Crippen molar-refractivity contribution >= 4 is 11.7 Å². The normalized spacial score (nSPS) is 48.4.